The number of likely N-dealkylation sites (tertiary alicyclic amines) is 1. The number of carboxylic acid groups (broad SMARTS) is 1. The van der Waals surface area contributed by atoms with Gasteiger partial charge in [0.15, 0.2) is 0 Å². The van der Waals surface area contributed by atoms with E-state index >= 15 is 0 Å². The zero-order valence-corrected chi connectivity index (χ0v) is 18.7. The van der Waals surface area contributed by atoms with Crippen molar-refractivity contribution in [1.29, 1.82) is 0 Å². The lowest BCUT2D eigenvalue weighted by atomic mass is 9.71. The van der Waals surface area contributed by atoms with Gasteiger partial charge in [-0.2, -0.15) is 4.39 Å². The molecule has 4 atom stereocenters. The smallest absolute Gasteiger partial charge is 0.306 e. The van der Waals surface area contributed by atoms with Crippen molar-refractivity contribution in [3.8, 4) is 11.3 Å². The standard InChI is InChI=1S/C26H29FN2O4/c1-15(13-24(30)29-12-4-7-16-17(26(31)32)5-3-9-21(16)29)19-14-28-20-8-2-6-18(25(19)20)22-10-11-23(27)33-22/h2,6,8,10-11,14-17,21,28H,3-5,7,9,12-13H2,1H3,(H,31,32)/t15-,16?,17?,21?/m0/s1. The Hall–Kier alpha value is -3.09. The summed E-state index contributed by atoms with van der Waals surface area (Å²) in [6, 6.07) is 8.06. The van der Waals surface area contributed by atoms with Crippen molar-refractivity contribution in [3.63, 3.8) is 0 Å². The van der Waals surface area contributed by atoms with Gasteiger partial charge in [0, 0.05) is 47.7 Å². The van der Waals surface area contributed by atoms with Crippen LogP contribution in [0.4, 0.5) is 4.39 Å². The number of carbonyl (C=O) groups is 2. The average Bonchev–Trinajstić information content (AvgIpc) is 3.44. The molecule has 1 aliphatic carbocycles. The molecular formula is C26H29FN2O4. The fourth-order valence-electron chi connectivity index (χ4n) is 6.06. The number of furan rings is 1. The summed E-state index contributed by atoms with van der Waals surface area (Å²) in [6.45, 7) is 2.73. The lowest BCUT2D eigenvalue weighted by Gasteiger charge is -2.46. The van der Waals surface area contributed by atoms with Crippen LogP contribution in [-0.2, 0) is 9.59 Å². The molecule has 33 heavy (non-hydrogen) atoms. The monoisotopic (exact) mass is 452 g/mol. The van der Waals surface area contributed by atoms with E-state index in [4.69, 9.17) is 4.42 Å². The molecule has 2 aromatic heterocycles. The van der Waals surface area contributed by atoms with Crippen LogP contribution in [-0.4, -0.2) is 39.5 Å². The van der Waals surface area contributed by atoms with Crippen LogP contribution >= 0.6 is 0 Å². The number of carbonyl (C=O) groups excluding carboxylic acids is 1. The van der Waals surface area contributed by atoms with E-state index in [0.29, 0.717) is 25.1 Å². The van der Waals surface area contributed by atoms with Gasteiger partial charge in [-0.1, -0.05) is 25.5 Å². The molecule has 0 bridgehead atoms. The van der Waals surface area contributed by atoms with Crippen molar-refractivity contribution in [2.75, 3.05) is 6.54 Å². The minimum atomic E-state index is -0.729. The van der Waals surface area contributed by atoms with Gasteiger partial charge in [-0.05, 0) is 55.2 Å². The first kappa shape index (κ1) is 21.7. The molecule has 0 spiro atoms. The Labute approximate surface area is 191 Å². The highest BCUT2D eigenvalue weighted by molar-refractivity contribution is 5.97. The minimum absolute atomic E-state index is 0.0259. The molecule has 0 radical (unpaired) electrons. The maximum Gasteiger partial charge on any atom is 0.306 e. The number of rotatable bonds is 5. The summed E-state index contributed by atoms with van der Waals surface area (Å²) >= 11 is 0. The van der Waals surface area contributed by atoms with Gasteiger partial charge in [0.2, 0.25) is 5.91 Å². The van der Waals surface area contributed by atoms with Gasteiger partial charge in [-0.15, -0.1) is 0 Å². The highest BCUT2D eigenvalue weighted by Crippen LogP contribution is 2.41. The van der Waals surface area contributed by atoms with E-state index in [1.54, 1.807) is 6.07 Å². The number of aromatic amines is 1. The van der Waals surface area contributed by atoms with Gasteiger partial charge in [0.1, 0.15) is 5.76 Å². The van der Waals surface area contributed by atoms with Crippen molar-refractivity contribution < 1.29 is 23.5 Å². The number of piperidine rings is 1. The summed E-state index contributed by atoms with van der Waals surface area (Å²) in [5, 5.41) is 10.6. The SMILES string of the molecule is C[C@@H](CC(=O)N1CCCC2C(C(=O)O)CCCC21)c1c[nH]c2cccc(-c3ccc(F)o3)c12. The largest absolute Gasteiger partial charge is 0.481 e. The Kier molecular flexibility index (Phi) is 5.72. The maximum absolute atomic E-state index is 13.5. The molecule has 2 aliphatic rings. The molecule has 3 heterocycles. The number of hydrogen-bond donors (Lipinski definition) is 2. The van der Waals surface area contributed by atoms with Gasteiger partial charge in [0.25, 0.3) is 6.01 Å². The molecule has 174 valence electrons. The number of carboxylic acids is 1. The van der Waals surface area contributed by atoms with E-state index in [2.05, 4.69) is 4.98 Å². The minimum Gasteiger partial charge on any atom is -0.481 e. The summed E-state index contributed by atoms with van der Waals surface area (Å²) in [5.74, 6) is -0.545. The quantitative estimate of drug-likeness (QED) is 0.531. The predicted octanol–water partition coefficient (Wildman–Crippen LogP) is 5.55. The first-order valence-electron chi connectivity index (χ1n) is 11.8. The summed E-state index contributed by atoms with van der Waals surface area (Å²) in [4.78, 5) is 30.4. The first-order chi connectivity index (χ1) is 15.9. The van der Waals surface area contributed by atoms with Gasteiger partial charge >= 0.3 is 5.97 Å². The Balaban J connectivity index is 1.39. The van der Waals surface area contributed by atoms with Crippen LogP contribution in [0, 0.1) is 17.8 Å². The number of nitrogens with zero attached hydrogens (tertiary/aromatic N) is 1. The van der Waals surface area contributed by atoms with Crippen LogP contribution in [0.3, 0.4) is 0 Å². The fraction of sp³-hybridized carbons (Fsp3) is 0.462. The molecular weight excluding hydrogens is 423 g/mol. The Morgan fingerprint density at radius 1 is 1.21 bits per heavy atom. The third-order valence-electron chi connectivity index (χ3n) is 7.59. The molecule has 1 aromatic carbocycles. The number of nitrogens with one attached hydrogen (secondary N) is 1. The van der Waals surface area contributed by atoms with Crippen molar-refractivity contribution in [3.05, 3.63) is 48.1 Å². The molecule has 5 rings (SSSR count). The van der Waals surface area contributed by atoms with Crippen LogP contribution in [0.5, 0.6) is 0 Å². The molecule has 2 fully saturated rings. The predicted molar refractivity (Wildman–Crippen MR) is 122 cm³/mol. The number of hydrogen-bond acceptors (Lipinski definition) is 3. The number of aromatic nitrogens is 1. The molecule has 3 unspecified atom stereocenters. The number of benzene rings is 1. The summed E-state index contributed by atoms with van der Waals surface area (Å²) < 4.78 is 18.8. The zero-order chi connectivity index (χ0) is 23.1. The van der Waals surface area contributed by atoms with Crippen molar-refractivity contribution in [2.45, 2.75) is 57.4 Å². The Morgan fingerprint density at radius 3 is 2.82 bits per heavy atom. The van der Waals surface area contributed by atoms with Crippen LogP contribution in [0.1, 0.15) is 56.9 Å². The lowest BCUT2D eigenvalue weighted by molar-refractivity contribution is -0.152. The molecule has 1 aliphatic heterocycles. The second kappa shape index (κ2) is 8.69. The van der Waals surface area contributed by atoms with Gasteiger partial charge in [-0.25, -0.2) is 0 Å². The zero-order valence-electron chi connectivity index (χ0n) is 18.7. The lowest BCUT2D eigenvalue weighted by Crippen LogP contribution is -2.53. The maximum atomic E-state index is 13.5. The van der Waals surface area contributed by atoms with Crippen LogP contribution in [0.2, 0.25) is 0 Å². The third kappa shape index (κ3) is 3.94. The van der Waals surface area contributed by atoms with E-state index in [9.17, 15) is 19.1 Å². The molecule has 1 saturated heterocycles. The number of fused-ring (bicyclic) bond motifs is 2. The number of halogens is 1. The van der Waals surface area contributed by atoms with Gasteiger partial charge < -0.3 is 19.4 Å². The van der Waals surface area contributed by atoms with Crippen LogP contribution < -0.4 is 0 Å². The number of aliphatic carboxylic acids is 1. The van der Waals surface area contributed by atoms with E-state index in [1.807, 2.05) is 36.2 Å². The second-order valence-electron chi connectivity index (χ2n) is 9.52. The van der Waals surface area contributed by atoms with Crippen molar-refractivity contribution in [2.24, 2.45) is 11.8 Å². The van der Waals surface area contributed by atoms with E-state index < -0.39 is 12.0 Å². The fourth-order valence-corrected chi connectivity index (χ4v) is 6.06. The molecule has 1 amide bonds. The van der Waals surface area contributed by atoms with Gasteiger partial charge in [0.05, 0.1) is 5.92 Å². The summed E-state index contributed by atoms with van der Waals surface area (Å²) in [7, 11) is 0. The molecule has 2 N–H and O–H groups in total. The number of H-pyrrole nitrogens is 1. The van der Waals surface area contributed by atoms with E-state index in [1.165, 1.54) is 6.07 Å². The van der Waals surface area contributed by atoms with Crippen LogP contribution in [0.15, 0.2) is 40.9 Å². The Bertz CT molecular complexity index is 1180. The topological polar surface area (TPSA) is 86.5 Å². The Morgan fingerprint density at radius 2 is 2.06 bits per heavy atom. The molecule has 7 heteroatoms. The van der Waals surface area contributed by atoms with Crippen LogP contribution in [0.25, 0.3) is 22.2 Å². The van der Waals surface area contributed by atoms with Gasteiger partial charge in [-0.3, -0.25) is 9.59 Å². The van der Waals surface area contributed by atoms with E-state index in [-0.39, 0.29) is 29.7 Å². The first-order valence-corrected chi connectivity index (χ1v) is 11.8. The average molecular weight is 453 g/mol. The third-order valence-corrected chi connectivity index (χ3v) is 7.59. The van der Waals surface area contributed by atoms with Crippen molar-refractivity contribution >= 4 is 22.8 Å². The normalized spacial score (nSPS) is 23.9. The molecule has 6 nitrogen and oxygen atoms in total. The highest BCUT2D eigenvalue weighted by atomic mass is 19.1. The van der Waals surface area contributed by atoms with Crippen molar-refractivity contribution in [1.82, 2.24) is 9.88 Å². The highest BCUT2D eigenvalue weighted by Gasteiger charge is 2.43. The van der Waals surface area contributed by atoms with E-state index in [0.717, 1.165) is 47.7 Å². The number of amides is 1. The second-order valence-corrected chi connectivity index (χ2v) is 9.52. The molecule has 3 aromatic rings. The summed E-state index contributed by atoms with van der Waals surface area (Å²) in [5.41, 5.74) is 2.70. The summed E-state index contributed by atoms with van der Waals surface area (Å²) in [6.07, 6.45) is 6.44. The molecule has 1 saturated carbocycles.